The molecule has 182 valence electrons. The number of halogens is 1. The van der Waals surface area contributed by atoms with Gasteiger partial charge in [0.25, 0.3) is 5.91 Å². The molecule has 0 unspecified atom stereocenters. The van der Waals surface area contributed by atoms with Crippen LogP contribution in [0.3, 0.4) is 0 Å². The molecule has 6 nitrogen and oxygen atoms in total. The highest BCUT2D eigenvalue weighted by Gasteiger charge is 2.38. The van der Waals surface area contributed by atoms with Gasteiger partial charge in [-0.25, -0.2) is 0 Å². The predicted octanol–water partition coefficient (Wildman–Crippen LogP) is 5.22. The Balaban J connectivity index is 1.36. The van der Waals surface area contributed by atoms with Crippen molar-refractivity contribution in [1.29, 1.82) is 0 Å². The lowest BCUT2D eigenvalue weighted by Gasteiger charge is -2.37. The fraction of sp³-hybridized carbons (Fsp3) is 0.333. The molecule has 2 amide bonds. The lowest BCUT2D eigenvalue weighted by Crippen LogP contribution is -2.48. The van der Waals surface area contributed by atoms with Gasteiger partial charge in [-0.15, -0.1) is 11.3 Å². The summed E-state index contributed by atoms with van der Waals surface area (Å²) in [7, 11) is 1.61. The zero-order valence-electron chi connectivity index (χ0n) is 19.5. The lowest BCUT2D eigenvalue weighted by molar-refractivity contribution is -0.135. The molecule has 2 heterocycles. The lowest BCUT2D eigenvalue weighted by atomic mass is 10.0. The molecule has 2 aromatic carbocycles. The molecule has 1 saturated carbocycles. The van der Waals surface area contributed by atoms with Gasteiger partial charge in [-0.2, -0.15) is 0 Å². The minimum absolute atomic E-state index is 0.0271. The minimum atomic E-state index is -0.237. The Morgan fingerprint density at radius 2 is 1.83 bits per heavy atom. The summed E-state index contributed by atoms with van der Waals surface area (Å²) in [4.78, 5) is 31.8. The second-order valence-electron chi connectivity index (χ2n) is 8.76. The minimum Gasteiger partial charge on any atom is -0.493 e. The number of rotatable bonds is 8. The van der Waals surface area contributed by atoms with Crippen LogP contribution in [-0.4, -0.2) is 54.5 Å². The van der Waals surface area contributed by atoms with Gasteiger partial charge < -0.3 is 19.3 Å². The van der Waals surface area contributed by atoms with Crippen LogP contribution >= 0.6 is 22.9 Å². The van der Waals surface area contributed by atoms with Gasteiger partial charge in [-0.3, -0.25) is 9.59 Å². The van der Waals surface area contributed by atoms with Crippen molar-refractivity contribution in [2.24, 2.45) is 0 Å². The van der Waals surface area contributed by atoms with Crippen molar-refractivity contribution in [1.82, 2.24) is 9.80 Å². The van der Waals surface area contributed by atoms with Crippen LogP contribution in [0.25, 0.3) is 0 Å². The Hall–Kier alpha value is -3.03. The summed E-state index contributed by atoms with van der Waals surface area (Å²) in [5.74, 6) is 1.01. The van der Waals surface area contributed by atoms with Crippen molar-refractivity contribution >= 4 is 34.8 Å². The van der Waals surface area contributed by atoms with Gasteiger partial charge in [-0.05, 0) is 60.5 Å². The van der Waals surface area contributed by atoms with E-state index in [9.17, 15) is 9.59 Å². The Kier molecular flexibility index (Phi) is 6.97. The number of nitrogens with zero attached hydrogens (tertiary/aromatic N) is 2. The predicted molar refractivity (Wildman–Crippen MR) is 136 cm³/mol. The van der Waals surface area contributed by atoms with E-state index in [1.807, 2.05) is 29.2 Å². The Bertz CT molecular complexity index is 1230. The molecule has 1 aliphatic carbocycles. The molecule has 0 bridgehead atoms. The molecule has 0 saturated heterocycles. The molecular weight excluding hydrogens is 484 g/mol. The molecule has 1 aromatic heterocycles. The van der Waals surface area contributed by atoms with Gasteiger partial charge in [-0.1, -0.05) is 35.9 Å². The smallest absolute Gasteiger partial charge is 0.256 e. The van der Waals surface area contributed by atoms with Gasteiger partial charge in [0.15, 0.2) is 11.5 Å². The van der Waals surface area contributed by atoms with Crippen LogP contribution in [0.1, 0.15) is 39.7 Å². The Labute approximate surface area is 214 Å². The summed E-state index contributed by atoms with van der Waals surface area (Å²) in [6.45, 7) is 0.919. The third kappa shape index (κ3) is 5.02. The van der Waals surface area contributed by atoms with Crippen LogP contribution in [0.5, 0.6) is 11.5 Å². The van der Waals surface area contributed by atoms with Crippen LogP contribution < -0.4 is 9.47 Å². The number of fused-ring (bicyclic) bond motifs is 1. The highest BCUT2D eigenvalue weighted by molar-refractivity contribution is 7.10. The number of thiophene rings is 1. The molecule has 35 heavy (non-hydrogen) atoms. The van der Waals surface area contributed by atoms with E-state index in [2.05, 4.69) is 11.4 Å². The highest BCUT2D eigenvalue weighted by atomic mass is 35.5. The first-order chi connectivity index (χ1) is 17.1. The molecule has 1 fully saturated rings. The van der Waals surface area contributed by atoms with E-state index in [1.165, 1.54) is 4.88 Å². The number of ether oxygens (including phenoxy) is 2. The van der Waals surface area contributed by atoms with E-state index >= 15 is 0 Å². The summed E-state index contributed by atoms with van der Waals surface area (Å²) in [6, 6.07) is 16.4. The van der Waals surface area contributed by atoms with Gasteiger partial charge in [0.1, 0.15) is 13.2 Å². The number of hydrogen-bond donors (Lipinski definition) is 0. The van der Waals surface area contributed by atoms with Crippen molar-refractivity contribution in [2.45, 2.75) is 31.3 Å². The van der Waals surface area contributed by atoms with Crippen molar-refractivity contribution < 1.29 is 19.1 Å². The molecule has 0 N–H and O–H groups in total. The zero-order valence-corrected chi connectivity index (χ0v) is 21.1. The molecule has 3 aromatic rings. The Morgan fingerprint density at radius 1 is 1.09 bits per heavy atom. The number of carbonyl (C=O) groups is 2. The van der Waals surface area contributed by atoms with Crippen molar-refractivity contribution in [3.05, 3.63) is 81.0 Å². The van der Waals surface area contributed by atoms with E-state index in [0.717, 1.165) is 24.8 Å². The van der Waals surface area contributed by atoms with E-state index in [-0.39, 0.29) is 30.4 Å². The Morgan fingerprint density at radius 3 is 2.57 bits per heavy atom. The maximum absolute atomic E-state index is 13.7. The molecule has 2 aliphatic rings. The van der Waals surface area contributed by atoms with E-state index in [4.69, 9.17) is 21.1 Å². The molecular formula is C27H27ClN2O4S. The third-order valence-corrected chi connectivity index (χ3v) is 7.87. The van der Waals surface area contributed by atoms with Gasteiger partial charge >= 0.3 is 0 Å². The molecule has 5 rings (SSSR count). The topological polar surface area (TPSA) is 59.1 Å². The monoisotopic (exact) mass is 510 g/mol. The molecule has 0 spiro atoms. The zero-order chi connectivity index (χ0) is 24.4. The normalized spacial score (nSPS) is 17.0. The van der Waals surface area contributed by atoms with E-state index in [0.29, 0.717) is 35.2 Å². The second-order valence-corrected chi connectivity index (χ2v) is 10.2. The van der Waals surface area contributed by atoms with Crippen molar-refractivity contribution in [3.63, 3.8) is 0 Å². The van der Waals surface area contributed by atoms with Crippen LogP contribution in [0, 0.1) is 0 Å². The number of carbonyl (C=O) groups excluding carboxylic acids is 2. The van der Waals surface area contributed by atoms with Crippen LogP contribution in [0.2, 0.25) is 5.02 Å². The molecule has 0 radical (unpaired) electrons. The first-order valence-electron chi connectivity index (χ1n) is 11.7. The number of amides is 2. The molecule has 1 atom stereocenters. The maximum Gasteiger partial charge on any atom is 0.256 e. The van der Waals surface area contributed by atoms with E-state index in [1.54, 1.807) is 47.6 Å². The first-order valence-corrected chi connectivity index (χ1v) is 13.0. The van der Waals surface area contributed by atoms with Crippen LogP contribution in [0.15, 0.2) is 60.0 Å². The van der Waals surface area contributed by atoms with Gasteiger partial charge in [0.05, 0.1) is 23.7 Å². The average Bonchev–Trinajstić information content (AvgIpc) is 3.61. The summed E-state index contributed by atoms with van der Waals surface area (Å²) in [5.41, 5.74) is 1.54. The van der Waals surface area contributed by atoms with Crippen molar-refractivity contribution in [2.75, 3.05) is 26.8 Å². The van der Waals surface area contributed by atoms with E-state index < -0.39 is 0 Å². The fourth-order valence-corrected chi connectivity index (χ4v) is 5.70. The van der Waals surface area contributed by atoms with Crippen LogP contribution in [0.4, 0.5) is 0 Å². The number of benzene rings is 2. The quantitative estimate of drug-likeness (QED) is 0.417. The molecule has 1 aliphatic heterocycles. The fourth-order valence-electron chi connectivity index (χ4n) is 4.56. The maximum atomic E-state index is 13.7. The number of hydrogen-bond acceptors (Lipinski definition) is 5. The van der Waals surface area contributed by atoms with Gasteiger partial charge in [0.2, 0.25) is 5.91 Å². The molecule has 8 heteroatoms. The SMILES string of the molecule is COc1ccccc1OC[C@@H]1c2ccsc2CCN1C(=O)CN(C(=O)c1ccccc1Cl)C1CC1. The standard InChI is InChI=1S/C27H27ClN2O4S/c1-33-23-8-4-5-9-24(23)34-17-22-20-13-15-35-25(20)12-14-29(22)26(31)16-30(18-10-11-18)27(32)19-6-2-3-7-21(19)28/h2-9,13,15,18,22H,10-12,14,16-17H2,1H3/t22-/m1/s1. The largest absolute Gasteiger partial charge is 0.493 e. The van der Waals surface area contributed by atoms with Crippen LogP contribution in [-0.2, 0) is 11.2 Å². The van der Waals surface area contributed by atoms with Crippen molar-refractivity contribution in [3.8, 4) is 11.5 Å². The average molecular weight is 511 g/mol. The number of methoxy groups -OCH3 is 1. The summed E-state index contributed by atoms with van der Waals surface area (Å²) < 4.78 is 11.6. The first kappa shape index (κ1) is 23.7. The second kappa shape index (κ2) is 10.3. The summed E-state index contributed by atoms with van der Waals surface area (Å²) >= 11 is 8.00. The summed E-state index contributed by atoms with van der Waals surface area (Å²) in [5, 5.41) is 2.46. The third-order valence-electron chi connectivity index (χ3n) is 6.54. The summed E-state index contributed by atoms with van der Waals surface area (Å²) in [6.07, 6.45) is 2.60. The number of para-hydroxylation sites is 2. The van der Waals surface area contributed by atoms with Gasteiger partial charge in [0, 0.05) is 17.5 Å². The highest BCUT2D eigenvalue weighted by Crippen LogP contribution is 2.36.